The first-order valence-corrected chi connectivity index (χ1v) is 5.79. The second-order valence-electron chi connectivity index (χ2n) is 4.72. The van der Waals surface area contributed by atoms with Gasteiger partial charge in [-0.1, -0.05) is 18.5 Å². The van der Waals surface area contributed by atoms with E-state index in [4.69, 9.17) is 22.1 Å². The standard InChI is InChI=1S/C12H15ClN2O2/c1-12(6-17-7-12)5-15-8-2-3-10(13)9(4-8)11(14)16/h2-4,15H,5-7H2,1H3,(H2,14,16). The summed E-state index contributed by atoms with van der Waals surface area (Å²) in [6, 6.07) is 5.18. The molecule has 0 bridgehead atoms. The Morgan fingerprint density at radius 3 is 2.82 bits per heavy atom. The fraction of sp³-hybridized carbons (Fsp3) is 0.417. The van der Waals surface area contributed by atoms with Crippen LogP contribution in [-0.4, -0.2) is 25.7 Å². The average molecular weight is 255 g/mol. The van der Waals surface area contributed by atoms with E-state index in [1.54, 1.807) is 12.1 Å². The van der Waals surface area contributed by atoms with Gasteiger partial charge in [0, 0.05) is 17.6 Å². The minimum Gasteiger partial charge on any atom is -0.384 e. The summed E-state index contributed by atoms with van der Waals surface area (Å²) in [6.07, 6.45) is 0. The van der Waals surface area contributed by atoms with Crippen LogP contribution in [0.4, 0.5) is 5.69 Å². The van der Waals surface area contributed by atoms with Gasteiger partial charge in [-0.15, -0.1) is 0 Å². The van der Waals surface area contributed by atoms with Gasteiger partial charge in [-0.3, -0.25) is 4.79 Å². The number of hydrogen-bond donors (Lipinski definition) is 2. The van der Waals surface area contributed by atoms with Gasteiger partial charge in [-0.25, -0.2) is 0 Å². The minimum atomic E-state index is -0.517. The van der Waals surface area contributed by atoms with Crippen LogP contribution in [0.2, 0.25) is 5.02 Å². The zero-order valence-corrected chi connectivity index (χ0v) is 10.4. The number of anilines is 1. The molecule has 1 aliphatic heterocycles. The highest BCUT2D eigenvalue weighted by atomic mass is 35.5. The lowest BCUT2D eigenvalue weighted by molar-refractivity contribution is -0.0924. The van der Waals surface area contributed by atoms with Crippen molar-refractivity contribution in [2.45, 2.75) is 6.92 Å². The highest BCUT2D eigenvalue weighted by Crippen LogP contribution is 2.27. The Bertz CT molecular complexity index is 444. The molecular formula is C12H15ClN2O2. The highest BCUT2D eigenvalue weighted by Gasteiger charge is 2.32. The third-order valence-electron chi connectivity index (χ3n) is 2.85. The number of nitrogens with one attached hydrogen (secondary N) is 1. The molecule has 2 rings (SSSR count). The predicted octanol–water partition coefficient (Wildman–Crippen LogP) is 1.89. The van der Waals surface area contributed by atoms with Gasteiger partial charge in [0.05, 0.1) is 23.8 Å². The molecule has 0 aliphatic carbocycles. The molecule has 92 valence electrons. The van der Waals surface area contributed by atoms with Gasteiger partial charge in [-0.2, -0.15) is 0 Å². The van der Waals surface area contributed by atoms with E-state index in [0.717, 1.165) is 25.4 Å². The van der Waals surface area contributed by atoms with Crippen molar-refractivity contribution in [2.24, 2.45) is 11.1 Å². The number of carbonyl (C=O) groups excluding carboxylic acids is 1. The normalized spacial score (nSPS) is 17.3. The lowest BCUT2D eigenvalue weighted by Crippen LogP contribution is -2.45. The molecule has 1 heterocycles. The van der Waals surface area contributed by atoms with E-state index in [1.165, 1.54) is 0 Å². The van der Waals surface area contributed by atoms with Crippen LogP contribution in [-0.2, 0) is 4.74 Å². The zero-order chi connectivity index (χ0) is 12.5. The van der Waals surface area contributed by atoms with Crippen molar-refractivity contribution in [3.8, 4) is 0 Å². The van der Waals surface area contributed by atoms with Gasteiger partial charge in [0.2, 0.25) is 5.91 Å². The molecule has 1 aromatic carbocycles. The van der Waals surface area contributed by atoms with Crippen LogP contribution < -0.4 is 11.1 Å². The molecule has 5 heteroatoms. The van der Waals surface area contributed by atoms with Crippen molar-refractivity contribution in [3.63, 3.8) is 0 Å². The van der Waals surface area contributed by atoms with Gasteiger partial charge in [0.1, 0.15) is 0 Å². The quantitative estimate of drug-likeness (QED) is 0.862. The molecule has 1 saturated heterocycles. The van der Waals surface area contributed by atoms with E-state index >= 15 is 0 Å². The Kier molecular flexibility index (Phi) is 3.26. The van der Waals surface area contributed by atoms with Gasteiger partial charge in [-0.05, 0) is 18.2 Å². The number of ether oxygens (including phenoxy) is 1. The van der Waals surface area contributed by atoms with Crippen molar-refractivity contribution < 1.29 is 9.53 Å². The smallest absolute Gasteiger partial charge is 0.250 e. The van der Waals surface area contributed by atoms with Crippen LogP contribution in [0.5, 0.6) is 0 Å². The lowest BCUT2D eigenvalue weighted by atomic mass is 9.88. The molecule has 0 aromatic heterocycles. The average Bonchev–Trinajstić information content (AvgIpc) is 2.25. The number of nitrogens with two attached hydrogens (primary N) is 1. The summed E-state index contributed by atoms with van der Waals surface area (Å²) < 4.78 is 5.17. The third-order valence-corrected chi connectivity index (χ3v) is 3.18. The number of benzene rings is 1. The van der Waals surface area contributed by atoms with E-state index in [9.17, 15) is 4.79 Å². The topological polar surface area (TPSA) is 64.3 Å². The molecule has 0 atom stereocenters. The molecule has 1 amide bonds. The number of primary amides is 1. The first-order chi connectivity index (χ1) is 8.00. The Balaban J connectivity index is 2.06. The summed E-state index contributed by atoms with van der Waals surface area (Å²) in [6.45, 7) is 4.47. The van der Waals surface area contributed by atoms with E-state index in [2.05, 4.69) is 12.2 Å². The van der Waals surface area contributed by atoms with Crippen LogP contribution in [0.25, 0.3) is 0 Å². The summed E-state index contributed by atoms with van der Waals surface area (Å²) >= 11 is 5.87. The maximum atomic E-state index is 11.1. The van der Waals surface area contributed by atoms with Crippen LogP contribution in [0.3, 0.4) is 0 Å². The molecule has 1 aromatic rings. The van der Waals surface area contributed by atoms with Crippen LogP contribution in [0.15, 0.2) is 18.2 Å². The number of hydrogen-bond acceptors (Lipinski definition) is 3. The van der Waals surface area contributed by atoms with E-state index in [-0.39, 0.29) is 5.41 Å². The van der Waals surface area contributed by atoms with Gasteiger partial charge in [0.25, 0.3) is 0 Å². The molecule has 4 nitrogen and oxygen atoms in total. The Morgan fingerprint density at radius 2 is 2.29 bits per heavy atom. The van der Waals surface area contributed by atoms with Gasteiger partial charge < -0.3 is 15.8 Å². The largest absolute Gasteiger partial charge is 0.384 e. The monoisotopic (exact) mass is 254 g/mol. The number of rotatable bonds is 4. The summed E-state index contributed by atoms with van der Waals surface area (Å²) in [7, 11) is 0. The first-order valence-electron chi connectivity index (χ1n) is 5.41. The third kappa shape index (κ3) is 2.70. The predicted molar refractivity (Wildman–Crippen MR) is 67.4 cm³/mol. The van der Waals surface area contributed by atoms with Crippen molar-refractivity contribution in [1.29, 1.82) is 0 Å². The molecular weight excluding hydrogens is 240 g/mol. The fourth-order valence-corrected chi connectivity index (χ4v) is 1.90. The van der Waals surface area contributed by atoms with E-state index in [1.807, 2.05) is 6.07 Å². The zero-order valence-electron chi connectivity index (χ0n) is 9.63. The molecule has 0 saturated carbocycles. The van der Waals surface area contributed by atoms with Gasteiger partial charge in [0.15, 0.2) is 0 Å². The van der Waals surface area contributed by atoms with Crippen LogP contribution in [0.1, 0.15) is 17.3 Å². The number of carbonyl (C=O) groups is 1. The molecule has 0 spiro atoms. The molecule has 3 N–H and O–H groups in total. The lowest BCUT2D eigenvalue weighted by Gasteiger charge is -2.38. The molecule has 17 heavy (non-hydrogen) atoms. The SMILES string of the molecule is CC1(CNc2ccc(Cl)c(C(N)=O)c2)COC1. The van der Waals surface area contributed by atoms with E-state index in [0.29, 0.717) is 10.6 Å². The highest BCUT2D eigenvalue weighted by molar-refractivity contribution is 6.33. The molecule has 0 unspecified atom stereocenters. The maximum absolute atomic E-state index is 11.1. The Hall–Kier alpha value is -1.26. The fourth-order valence-electron chi connectivity index (χ4n) is 1.69. The molecule has 1 aliphatic rings. The summed E-state index contributed by atoms with van der Waals surface area (Å²) in [5.74, 6) is -0.517. The number of halogens is 1. The first kappa shape index (κ1) is 12.2. The van der Waals surface area contributed by atoms with Crippen molar-refractivity contribution in [2.75, 3.05) is 25.1 Å². The summed E-state index contributed by atoms with van der Waals surface area (Å²) in [5, 5.41) is 3.64. The molecule has 1 fully saturated rings. The van der Waals surface area contributed by atoms with Crippen LogP contribution in [0, 0.1) is 5.41 Å². The second kappa shape index (κ2) is 4.55. The van der Waals surface area contributed by atoms with Gasteiger partial charge >= 0.3 is 0 Å². The Labute approximate surface area is 105 Å². The second-order valence-corrected chi connectivity index (χ2v) is 5.12. The van der Waals surface area contributed by atoms with Crippen molar-refractivity contribution >= 4 is 23.2 Å². The summed E-state index contributed by atoms with van der Waals surface area (Å²) in [5.41, 5.74) is 6.59. The van der Waals surface area contributed by atoms with Crippen molar-refractivity contribution in [1.82, 2.24) is 0 Å². The molecule has 0 radical (unpaired) electrons. The van der Waals surface area contributed by atoms with E-state index < -0.39 is 5.91 Å². The Morgan fingerprint density at radius 1 is 1.59 bits per heavy atom. The maximum Gasteiger partial charge on any atom is 0.250 e. The minimum absolute atomic E-state index is 0.173. The van der Waals surface area contributed by atoms with Crippen molar-refractivity contribution in [3.05, 3.63) is 28.8 Å². The van der Waals surface area contributed by atoms with Crippen LogP contribution >= 0.6 is 11.6 Å². The number of amides is 1. The summed E-state index contributed by atoms with van der Waals surface area (Å²) in [4.78, 5) is 11.1.